The molecular weight excluding hydrogens is 320 g/mol. The molecule has 114 valence electrons. The number of nitrogens with one attached hydrogen (secondary N) is 1. The first-order valence-corrected chi connectivity index (χ1v) is 8.31. The number of nitrogens with zero attached hydrogens (tertiary/aromatic N) is 1. The molecule has 0 saturated carbocycles. The van der Waals surface area contributed by atoms with Crippen molar-refractivity contribution in [3.63, 3.8) is 0 Å². The highest BCUT2D eigenvalue weighted by Gasteiger charge is 2.25. The fourth-order valence-electron chi connectivity index (χ4n) is 1.73. The molecule has 0 amide bonds. The van der Waals surface area contributed by atoms with Gasteiger partial charge in [-0.15, -0.1) is 11.3 Å². The first-order valence-electron chi connectivity index (χ1n) is 5.95. The van der Waals surface area contributed by atoms with Gasteiger partial charge in [-0.25, -0.2) is 26.9 Å². The molecule has 0 aliphatic heterocycles. The van der Waals surface area contributed by atoms with E-state index < -0.39 is 32.6 Å². The minimum Gasteiger partial charge on any atom is -0.326 e. The van der Waals surface area contributed by atoms with Gasteiger partial charge in [0.05, 0.1) is 6.04 Å². The SMILES string of the molecule is CC(NS(=O)(=O)c1cc(CN)cc(F)c1F)c1nccs1. The summed E-state index contributed by atoms with van der Waals surface area (Å²) in [7, 11) is -4.23. The van der Waals surface area contributed by atoms with Crippen LogP contribution in [0.1, 0.15) is 23.5 Å². The second-order valence-corrected chi connectivity index (χ2v) is 6.92. The summed E-state index contributed by atoms with van der Waals surface area (Å²) in [5, 5.41) is 2.21. The van der Waals surface area contributed by atoms with Gasteiger partial charge in [0, 0.05) is 18.1 Å². The van der Waals surface area contributed by atoms with Crippen LogP contribution in [0, 0.1) is 11.6 Å². The molecule has 0 aliphatic carbocycles. The molecule has 0 fully saturated rings. The third kappa shape index (κ3) is 3.43. The average Bonchev–Trinajstić information content (AvgIpc) is 2.95. The number of aromatic nitrogens is 1. The van der Waals surface area contributed by atoms with E-state index >= 15 is 0 Å². The predicted molar refractivity (Wildman–Crippen MR) is 75.1 cm³/mol. The Morgan fingerprint density at radius 2 is 2.14 bits per heavy atom. The topological polar surface area (TPSA) is 85.1 Å². The van der Waals surface area contributed by atoms with Crippen LogP contribution in [0.25, 0.3) is 0 Å². The van der Waals surface area contributed by atoms with E-state index in [1.54, 1.807) is 12.3 Å². The monoisotopic (exact) mass is 333 g/mol. The minimum absolute atomic E-state index is 0.0955. The van der Waals surface area contributed by atoms with Crippen molar-refractivity contribution in [1.29, 1.82) is 0 Å². The zero-order valence-corrected chi connectivity index (χ0v) is 12.6. The number of benzene rings is 1. The number of thiazole rings is 1. The second-order valence-electron chi connectivity index (χ2n) is 4.31. The summed E-state index contributed by atoms with van der Waals surface area (Å²) in [6.45, 7) is 1.47. The molecule has 1 aromatic heterocycles. The summed E-state index contributed by atoms with van der Waals surface area (Å²) in [6.07, 6.45) is 1.53. The Morgan fingerprint density at radius 1 is 1.43 bits per heavy atom. The van der Waals surface area contributed by atoms with Crippen molar-refractivity contribution in [2.45, 2.75) is 24.4 Å². The molecule has 9 heteroatoms. The van der Waals surface area contributed by atoms with E-state index in [9.17, 15) is 17.2 Å². The van der Waals surface area contributed by atoms with Crippen molar-refractivity contribution in [3.8, 4) is 0 Å². The van der Waals surface area contributed by atoms with Gasteiger partial charge in [-0.3, -0.25) is 0 Å². The van der Waals surface area contributed by atoms with Gasteiger partial charge in [0.2, 0.25) is 10.0 Å². The predicted octanol–water partition coefficient (Wildman–Crippen LogP) is 1.92. The van der Waals surface area contributed by atoms with Crippen LogP contribution in [-0.4, -0.2) is 13.4 Å². The molecule has 21 heavy (non-hydrogen) atoms. The smallest absolute Gasteiger partial charge is 0.244 e. The lowest BCUT2D eigenvalue weighted by atomic mass is 10.2. The fraction of sp³-hybridized carbons (Fsp3) is 0.250. The van der Waals surface area contributed by atoms with Crippen molar-refractivity contribution < 1.29 is 17.2 Å². The summed E-state index contributed by atoms with van der Waals surface area (Å²) < 4.78 is 53.9. The molecule has 0 bridgehead atoms. The molecule has 1 aromatic carbocycles. The molecule has 0 saturated heterocycles. The highest BCUT2D eigenvalue weighted by atomic mass is 32.2. The molecule has 5 nitrogen and oxygen atoms in total. The van der Waals surface area contributed by atoms with Crippen LogP contribution >= 0.6 is 11.3 Å². The summed E-state index contributed by atoms with van der Waals surface area (Å²) in [5.41, 5.74) is 5.54. The summed E-state index contributed by atoms with van der Waals surface area (Å²) in [6, 6.07) is 1.24. The first kappa shape index (κ1) is 16.0. The lowest BCUT2D eigenvalue weighted by molar-refractivity contribution is 0.480. The van der Waals surface area contributed by atoms with Crippen LogP contribution in [0.2, 0.25) is 0 Å². The fourth-order valence-corrected chi connectivity index (χ4v) is 3.79. The van der Waals surface area contributed by atoms with E-state index in [0.717, 1.165) is 12.1 Å². The maximum Gasteiger partial charge on any atom is 0.244 e. The number of rotatable bonds is 5. The van der Waals surface area contributed by atoms with Crippen LogP contribution < -0.4 is 10.5 Å². The van der Waals surface area contributed by atoms with Crippen LogP contribution in [0.5, 0.6) is 0 Å². The Hall–Kier alpha value is -1.42. The van der Waals surface area contributed by atoms with Crippen molar-refractivity contribution in [2.75, 3.05) is 0 Å². The van der Waals surface area contributed by atoms with Crippen LogP contribution in [0.15, 0.2) is 28.6 Å². The largest absolute Gasteiger partial charge is 0.326 e. The third-order valence-electron chi connectivity index (χ3n) is 2.73. The van der Waals surface area contributed by atoms with E-state index in [1.165, 1.54) is 17.5 Å². The minimum atomic E-state index is -4.23. The molecule has 2 aromatic rings. The van der Waals surface area contributed by atoms with Gasteiger partial charge in [-0.05, 0) is 24.6 Å². The lowest BCUT2D eigenvalue weighted by Crippen LogP contribution is -2.28. The van der Waals surface area contributed by atoms with E-state index in [-0.39, 0.29) is 12.1 Å². The Morgan fingerprint density at radius 3 is 2.71 bits per heavy atom. The van der Waals surface area contributed by atoms with Crippen molar-refractivity contribution >= 4 is 21.4 Å². The standard InChI is InChI=1S/C12H13F2N3O2S2/c1-7(12-16-2-3-20-12)17-21(18,19)10-5-8(6-15)4-9(13)11(10)14/h2-5,7,17H,6,15H2,1H3. The quantitative estimate of drug-likeness (QED) is 0.875. The van der Waals surface area contributed by atoms with Gasteiger partial charge in [0.15, 0.2) is 11.6 Å². The number of halogens is 2. The summed E-state index contributed by atoms with van der Waals surface area (Å²) in [5.74, 6) is -2.67. The van der Waals surface area contributed by atoms with Gasteiger partial charge in [-0.2, -0.15) is 0 Å². The molecule has 0 radical (unpaired) electrons. The average molecular weight is 333 g/mol. The zero-order chi connectivity index (χ0) is 15.6. The van der Waals surface area contributed by atoms with E-state index in [4.69, 9.17) is 5.73 Å². The third-order valence-corrected chi connectivity index (χ3v) is 5.23. The Bertz CT molecular complexity index is 733. The van der Waals surface area contributed by atoms with Crippen LogP contribution in [0.3, 0.4) is 0 Å². The van der Waals surface area contributed by atoms with Gasteiger partial charge in [-0.1, -0.05) is 0 Å². The molecular formula is C12H13F2N3O2S2. The second kappa shape index (κ2) is 6.14. The van der Waals surface area contributed by atoms with Crippen molar-refractivity contribution in [3.05, 3.63) is 45.9 Å². The highest BCUT2D eigenvalue weighted by Crippen LogP contribution is 2.23. The maximum atomic E-state index is 13.8. The van der Waals surface area contributed by atoms with E-state index in [1.807, 2.05) is 0 Å². The van der Waals surface area contributed by atoms with Gasteiger partial charge in [0.1, 0.15) is 9.90 Å². The van der Waals surface area contributed by atoms with E-state index in [2.05, 4.69) is 9.71 Å². The molecule has 2 rings (SSSR count). The number of hydrogen-bond donors (Lipinski definition) is 2. The van der Waals surface area contributed by atoms with Crippen LogP contribution in [0.4, 0.5) is 8.78 Å². The Balaban J connectivity index is 2.38. The molecule has 0 spiro atoms. The van der Waals surface area contributed by atoms with Gasteiger partial charge >= 0.3 is 0 Å². The van der Waals surface area contributed by atoms with Crippen molar-refractivity contribution in [1.82, 2.24) is 9.71 Å². The maximum absolute atomic E-state index is 13.8. The number of nitrogens with two attached hydrogens (primary N) is 1. The first-order chi connectivity index (χ1) is 9.85. The molecule has 1 heterocycles. The normalized spacial score (nSPS) is 13.3. The van der Waals surface area contributed by atoms with Crippen molar-refractivity contribution in [2.24, 2.45) is 5.73 Å². The molecule has 1 unspecified atom stereocenters. The lowest BCUT2D eigenvalue weighted by Gasteiger charge is -2.13. The van der Waals surface area contributed by atoms with E-state index in [0.29, 0.717) is 5.01 Å². The summed E-state index contributed by atoms with van der Waals surface area (Å²) in [4.78, 5) is 3.21. The van der Waals surface area contributed by atoms with Gasteiger partial charge < -0.3 is 5.73 Å². The van der Waals surface area contributed by atoms with Gasteiger partial charge in [0.25, 0.3) is 0 Å². The molecule has 3 N–H and O–H groups in total. The Labute approximate surface area is 124 Å². The molecule has 1 atom stereocenters. The van der Waals surface area contributed by atoms with Crippen LogP contribution in [-0.2, 0) is 16.6 Å². The Kier molecular flexibility index (Phi) is 4.67. The number of hydrogen-bond acceptors (Lipinski definition) is 5. The molecule has 0 aliphatic rings. The summed E-state index contributed by atoms with van der Waals surface area (Å²) >= 11 is 1.26. The zero-order valence-electron chi connectivity index (χ0n) is 11.0. The highest BCUT2D eigenvalue weighted by molar-refractivity contribution is 7.89. The number of sulfonamides is 1.